The number of unbranched alkanes of at least 4 members (excludes halogenated alkanes) is 5. The molecule has 7 nitrogen and oxygen atoms in total. The lowest BCUT2D eigenvalue weighted by Gasteiger charge is -2.31. The minimum Gasteiger partial charge on any atom is -0.490 e. The number of halogens is 11. The highest BCUT2D eigenvalue weighted by Gasteiger charge is 2.72. The van der Waals surface area contributed by atoms with Gasteiger partial charge in [-0.3, -0.25) is 0 Å². The van der Waals surface area contributed by atoms with Gasteiger partial charge in [-0.05, 0) is 30.7 Å². The molecular weight excluding hydrogens is 629 g/mol. The van der Waals surface area contributed by atoms with E-state index in [0.29, 0.717) is 18.0 Å². The Morgan fingerprint density at radius 2 is 1.23 bits per heavy atom. The third-order valence-corrected chi connectivity index (χ3v) is 5.48. The molecule has 0 fully saturated rings. The standard InChI is InChI=1S/C26H29F11N2O5/c1-2-3-4-5-6-7-13-41-20-16-18(21-38-11-8-12-39-21)9-10-19(20)42-15-14-40-17-22(27,28)43-25(34,35)26(36,37)44-24(32,33)23(29,30)31/h8-12,16H,2-7,13-15,17H2,1H3. The van der Waals surface area contributed by atoms with Crippen molar-refractivity contribution in [1.29, 1.82) is 0 Å². The number of alkyl halides is 11. The first-order chi connectivity index (χ1) is 20.4. The van der Waals surface area contributed by atoms with Crippen LogP contribution in [-0.2, 0) is 14.2 Å². The SMILES string of the molecule is CCCCCCCCOc1cc(-c2ncccn2)ccc1OCCOCC(F)(F)OC(F)(F)C(F)(F)OC(F)(F)C(F)(F)F. The molecule has 1 aromatic carbocycles. The van der Waals surface area contributed by atoms with Gasteiger partial charge >= 0.3 is 30.6 Å². The highest BCUT2D eigenvalue weighted by molar-refractivity contribution is 5.60. The molecule has 0 unspecified atom stereocenters. The van der Waals surface area contributed by atoms with Crippen LogP contribution in [0.1, 0.15) is 45.4 Å². The van der Waals surface area contributed by atoms with E-state index in [2.05, 4.69) is 26.4 Å². The second-order valence-electron chi connectivity index (χ2n) is 9.14. The number of benzene rings is 1. The van der Waals surface area contributed by atoms with E-state index in [1.165, 1.54) is 18.5 Å². The molecular formula is C26H29F11N2O5. The molecule has 250 valence electrons. The van der Waals surface area contributed by atoms with Crippen LogP contribution < -0.4 is 9.47 Å². The van der Waals surface area contributed by atoms with Crippen LogP contribution >= 0.6 is 0 Å². The van der Waals surface area contributed by atoms with Gasteiger partial charge in [-0.2, -0.15) is 48.3 Å². The molecule has 2 rings (SSSR count). The molecule has 0 radical (unpaired) electrons. The summed E-state index contributed by atoms with van der Waals surface area (Å²) in [5, 5.41) is 0. The van der Waals surface area contributed by atoms with E-state index in [9.17, 15) is 48.3 Å². The molecule has 0 atom stereocenters. The maximum absolute atomic E-state index is 13.7. The van der Waals surface area contributed by atoms with Gasteiger partial charge in [0.1, 0.15) is 13.2 Å². The van der Waals surface area contributed by atoms with E-state index >= 15 is 0 Å². The van der Waals surface area contributed by atoms with Gasteiger partial charge in [-0.15, -0.1) is 0 Å². The zero-order valence-electron chi connectivity index (χ0n) is 23.1. The number of hydrogen-bond donors (Lipinski definition) is 0. The van der Waals surface area contributed by atoms with Crippen molar-refractivity contribution in [2.45, 2.75) is 76.1 Å². The van der Waals surface area contributed by atoms with Gasteiger partial charge in [-0.25, -0.2) is 19.4 Å². The summed E-state index contributed by atoms with van der Waals surface area (Å²) in [6.45, 7) is -1.00. The van der Waals surface area contributed by atoms with Crippen LogP contribution in [0.4, 0.5) is 48.3 Å². The molecule has 44 heavy (non-hydrogen) atoms. The van der Waals surface area contributed by atoms with Crippen molar-refractivity contribution in [2.24, 2.45) is 0 Å². The molecule has 0 saturated carbocycles. The van der Waals surface area contributed by atoms with Gasteiger partial charge in [0.2, 0.25) is 0 Å². The Balaban J connectivity index is 1.94. The van der Waals surface area contributed by atoms with Crippen LogP contribution in [0.3, 0.4) is 0 Å². The molecule has 0 spiro atoms. The van der Waals surface area contributed by atoms with Crippen LogP contribution in [0.15, 0.2) is 36.7 Å². The first-order valence-electron chi connectivity index (χ1n) is 13.1. The maximum atomic E-state index is 13.7. The Hall–Kier alpha value is -2.99. The van der Waals surface area contributed by atoms with Crippen molar-refractivity contribution in [1.82, 2.24) is 9.97 Å². The van der Waals surface area contributed by atoms with Gasteiger partial charge in [0.05, 0.1) is 13.2 Å². The molecule has 1 heterocycles. The Labute approximate surface area is 244 Å². The lowest BCUT2D eigenvalue weighted by Crippen LogP contribution is -2.55. The van der Waals surface area contributed by atoms with Crippen LogP contribution in [0.25, 0.3) is 11.4 Å². The first-order valence-corrected chi connectivity index (χ1v) is 13.1. The Morgan fingerprint density at radius 3 is 1.86 bits per heavy atom. The van der Waals surface area contributed by atoms with Crippen LogP contribution in [0.2, 0.25) is 0 Å². The topological polar surface area (TPSA) is 71.9 Å². The molecule has 0 aliphatic rings. The van der Waals surface area contributed by atoms with E-state index in [-0.39, 0.29) is 11.5 Å². The van der Waals surface area contributed by atoms with E-state index in [0.717, 1.165) is 38.5 Å². The number of rotatable bonds is 20. The van der Waals surface area contributed by atoms with E-state index in [1.54, 1.807) is 18.2 Å². The Morgan fingerprint density at radius 1 is 0.636 bits per heavy atom. The van der Waals surface area contributed by atoms with Crippen molar-refractivity contribution >= 4 is 0 Å². The molecule has 0 saturated heterocycles. The molecule has 0 aliphatic heterocycles. The quantitative estimate of drug-likeness (QED) is 0.105. The van der Waals surface area contributed by atoms with E-state index in [1.807, 2.05) is 4.74 Å². The van der Waals surface area contributed by atoms with Gasteiger partial charge in [0.25, 0.3) is 0 Å². The lowest BCUT2D eigenvalue weighted by atomic mass is 10.1. The first kappa shape index (κ1) is 37.2. The van der Waals surface area contributed by atoms with Crippen molar-refractivity contribution in [3.8, 4) is 22.9 Å². The van der Waals surface area contributed by atoms with Gasteiger partial charge < -0.3 is 14.2 Å². The van der Waals surface area contributed by atoms with Crippen LogP contribution in [0, 0.1) is 0 Å². The third-order valence-electron chi connectivity index (χ3n) is 5.48. The second-order valence-corrected chi connectivity index (χ2v) is 9.14. The summed E-state index contributed by atoms with van der Waals surface area (Å²) in [5.41, 5.74) is 0.554. The second kappa shape index (κ2) is 15.8. The maximum Gasteiger partial charge on any atom is 0.483 e. The normalized spacial score (nSPS) is 13.3. The molecule has 18 heteroatoms. The summed E-state index contributed by atoms with van der Waals surface area (Å²) < 4.78 is 162. The van der Waals surface area contributed by atoms with E-state index < -0.39 is 50.4 Å². The summed E-state index contributed by atoms with van der Waals surface area (Å²) in [7, 11) is 0. The largest absolute Gasteiger partial charge is 0.490 e. The summed E-state index contributed by atoms with van der Waals surface area (Å²) >= 11 is 0. The highest BCUT2D eigenvalue weighted by Crippen LogP contribution is 2.47. The fourth-order valence-corrected chi connectivity index (χ4v) is 3.35. The van der Waals surface area contributed by atoms with Crippen molar-refractivity contribution in [3.05, 3.63) is 36.7 Å². The summed E-state index contributed by atoms with van der Waals surface area (Å²) in [4.78, 5) is 8.26. The predicted molar refractivity (Wildman–Crippen MR) is 131 cm³/mol. The fraction of sp³-hybridized carbons (Fsp3) is 0.615. The summed E-state index contributed by atoms with van der Waals surface area (Å²) in [6, 6.07) is 6.20. The molecule has 0 amide bonds. The molecule has 0 N–H and O–H groups in total. The van der Waals surface area contributed by atoms with Crippen LogP contribution in [0.5, 0.6) is 11.5 Å². The molecule has 1 aromatic heterocycles. The van der Waals surface area contributed by atoms with Crippen molar-refractivity contribution in [2.75, 3.05) is 26.4 Å². The lowest BCUT2D eigenvalue weighted by molar-refractivity contribution is -0.537. The van der Waals surface area contributed by atoms with E-state index in [4.69, 9.17) is 9.47 Å². The smallest absolute Gasteiger partial charge is 0.483 e. The minimum absolute atomic E-state index is 0.121. The summed E-state index contributed by atoms with van der Waals surface area (Å²) in [5.74, 6) is 0.717. The number of nitrogens with zero attached hydrogens (tertiary/aromatic N) is 2. The number of hydrogen-bond acceptors (Lipinski definition) is 7. The fourth-order valence-electron chi connectivity index (χ4n) is 3.35. The number of ether oxygens (including phenoxy) is 5. The predicted octanol–water partition coefficient (Wildman–Crippen LogP) is 8.25. The summed E-state index contributed by atoms with van der Waals surface area (Å²) in [6.07, 6.45) is -23.4. The monoisotopic (exact) mass is 658 g/mol. The average Bonchev–Trinajstić information content (AvgIpc) is 2.91. The van der Waals surface area contributed by atoms with Gasteiger partial charge in [0, 0.05) is 18.0 Å². The Kier molecular flexibility index (Phi) is 13.4. The zero-order chi connectivity index (χ0) is 33.1. The average molecular weight is 659 g/mol. The molecule has 0 bridgehead atoms. The van der Waals surface area contributed by atoms with Gasteiger partial charge in [0.15, 0.2) is 17.3 Å². The Bertz CT molecular complexity index is 1140. The third kappa shape index (κ3) is 11.5. The van der Waals surface area contributed by atoms with Gasteiger partial charge in [-0.1, -0.05) is 39.0 Å². The van der Waals surface area contributed by atoms with Crippen molar-refractivity contribution < 1.29 is 72.0 Å². The van der Waals surface area contributed by atoms with Crippen molar-refractivity contribution in [3.63, 3.8) is 0 Å². The molecule has 0 aliphatic carbocycles. The highest BCUT2D eigenvalue weighted by atomic mass is 19.4. The van der Waals surface area contributed by atoms with Crippen LogP contribution in [-0.4, -0.2) is 67.0 Å². The molecule has 2 aromatic rings. The number of aromatic nitrogens is 2. The zero-order valence-corrected chi connectivity index (χ0v) is 23.1. The minimum atomic E-state index is -6.85.